The van der Waals surface area contributed by atoms with Crippen LogP contribution in [0.3, 0.4) is 0 Å². The third kappa shape index (κ3) is 4.45. The molecule has 0 amide bonds. The van der Waals surface area contributed by atoms with Crippen LogP contribution in [-0.4, -0.2) is 17.6 Å². The quantitative estimate of drug-likeness (QED) is 0.784. The maximum atomic E-state index is 13.1. The molecule has 4 heteroatoms. The highest BCUT2D eigenvalue weighted by molar-refractivity contribution is 5.70. The molecule has 0 saturated carbocycles. The van der Waals surface area contributed by atoms with Crippen molar-refractivity contribution < 1.29 is 14.3 Å². The minimum absolute atomic E-state index is 0.148. The van der Waals surface area contributed by atoms with Crippen molar-refractivity contribution in [3.63, 3.8) is 0 Å². The molecule has 0 heterocycles. The molecule has 0 fully saturated rings. The van der Waals surface area contributed by atoms with E-state index in [0.717, 1.165) is 12.0 Å². The van der Waals surface area contributed by atoms with Crippen molar-refractivity contribution in [3.05, 3.63) is 35.6 Å². The van der Waals surface area contributed by atoms with Gasteiger partial charge >= 0.3 is 5.97 Å². The Balaban J connectivity index is 2.64. The largest absolute Gasteiger partial charge is 0.481 e. The van der Waals surface area contributed by atoms with E-state index < -0.39 is 11.9 Å². The number of carboxylic acid groups (broad SMARTS) is 1. The van der Waals surface area contributed by atoms with Gasteiger partial charge in [-0.2, -0.15) is 0 Å². The van der Waals surface area contributed by atoms with Gasteiger partial charge in [-0.1, -0.05) is 25.5 Å². The van der Waals surface area contributed by atoms with Gasteiger partial charge < -0.3 is 10.8 Å². The highest BCUT2D eigenvalue weighted by Crippen LogP contribution is 2.21. The number of carbonyl (C=O) groups is 1. The summed E-state index contributed by atoms with van der Waals surface area (Å²) in [5.74, 6) is -1.40. The van der Waals surface area contributed by atoms with Gasteiger partial charge in [0, 0.05) is 6.54 Å². The monoisotopic (exact) mass is 253 g/mol. The van der Waals surface area contributed by atoms with Gasteiger partial charge in [0.2, 0.25) is 0 Å². The molecule has 100 valence electrons. The predicted molar refractivity (Wildman–Crippen MR) is 68.7 cm³/mol. The highest BCUT2D eigenvalue weighted by Gasteiger charge is 2.20. The van der Waals surface area contributed by atoms with Gasteiger partial charge in [0.05, 0.1) is 5.92 Å². The molecule has 1 aromatic carbocycles. The highest BCUT2D eigenvalue weighted by atomic mass is 19.1. The minimum Gasteiger partial charge on any atom is -0.481 e. The van der Waals surface area contributed by atoms with Crippen LogP contribution >= 0.6 is 0 Å². The lowest BCUT2D eigenvalue weighted by atomic mass is 9.87. The van der Waals surface area contributed by atoms with E-state index in [-0.39, 0.29) is 18.3 Å². The lowest BCUT2D eigenvalue weighted by Crippen LogP contribution is -2.26. The Hall–Kier alpha value is -1.42. The normalized spacial score (nSPS) is 14.2. The smallest absolute Gasteiger partial charge is 0.307 e. The van der Waals surface area contributed by atoms with Gasteiger partial charge in [-0.15, -0.1) is 0 Å². The van der Waals surface area contributed by atoms with Crippen molar-refractivity contribution in [2.45, 2.75) is 26.2 Å². The second-order valence-electron chi connectivity index (χ2n) is 4.61. The Bertz CT molecular complexity index is 395. The number of benzene rings is 1. The van der Waals surface area contributed by atoms with Gasteiger partial charge in [0.1, 0.15) is 5.82 Å². The number of nitrogens with two attached hydrogens (primary N) is 1. The molecule has 2 atom stereocenters. The van der Waals surface area contributed by atoms with Crippen LogP contribution in [0.1, 0.15) is 25.3 Å². The van der Waals surface area contributed by atoms with Crippen molar-refractivity contribution in [1.82, 2.24) is 0 Å². The molecule has 3 nitrogen and oxygen atoms in total. The Morgan fingerprint density at radius 3 is 2.72 bits per heavy atom. The Labute approximate surface area is 107 Å². The summed E-state index contributed by atoms with van der Waals surface area (Å²) in [5, 5.41) is 8.99. The number of aliphatic carboxylic acids is 1. The van der Waals surface area contributed by atoms with Crippen LogP contribution in [-0.2, 0) is 11.2 Å². The molecule has 0 aliphatic rings. The Morgan fingerprint density at radius 2 is 2.22 bits per heavy atom. The fourth-order valence-corrected chi connectivity index (χ4v) is 2.09. The SMILES string of the molecule is CC[C@H](Cc1cccc(F)c1)C[C@@H](CN)C(=O)O. The van der Waals surface area contributed by atoms with E-state index in [9.17, 15) is 9.18 Å². The summed E-state index contributed by atoms with van der Waals surface area (Å²) in [6, 6.07) is 6.45. The summed E-state index contributed by atoms with van der Waals surface area (Å²) < 4.78 is 13.1. The molecule has 0 saturated heterocycles. The van der Waals surface area contributed by atoms with E-state index in [0.29, 0.717) is 12.8 Å². The first-order chi connectivity index (χ1) is 8.56. The molecule has 3 N–H and O–H groups in total. The zero-order chi connectivity index (χ0) is 13.5. The number of carboxylic acids is 1. The third-order valence-corrected chi connectivity index (χ3v) is 3.24. The molecule has 0 unspecified atom stereocenters. The van der Waals surface area contributed by atoms with E-state index >= 15 is 0 Å². The molecular weight excluding hydrogens is 233 g/mol. The van der Waals surface area contributed by atoms with Crippen LogP contribution in [0.4, 0.5) is 4.39 Å². The first kappa shape index (κ1) is 14.6. The van der Waals surface area contributed by atoms with Gasteiger partial charge in [-0.3, -0.25) is 4.79 Å². The predicted octanol–water partition coefficient (Wildman–Crippen LogP) is 2.44. The van der Waals surface area contributed by atoms with Crippen molar-refractivity contribution >= 4 is 5.97 Å². The van der Waals surface area contributed by atoms with E-state index in [4.69, 9.17) is 10.8 Å². The summed E-state index contributed by atoms with van der Waals surface area (Å²) in [6.45, 7) is 2.16. The molecule has 0 aliphatic heterocycles. The van der Waals surface area contributed by atoms with E-state index in [1.54, 1.807) is 6.07 Å². The van der Waals surface area contributed by atoms with Crippen molar-refractivity contribution in [2.24, 2.45) is 17.6 Å². The molecule has 0 aromatic heterocycles. The second kappa shape index (κ2) is 7.11. The van der Waals surface area contributed by atoms with E-state index in [2.05, 4.69) is 0 Å². The van der Waals surface area contributed by atoms with Gasteiger partial charge in [0.25, 0.3) is 0 Å². The standard InChI is InChI=1S/C14H20FNO2/c1-2-10(7-12(9-16)14(17)18)6-11-4-3-5-13(15)8-11/h3-5,8,10,12H,2,6-7,9,16H2,1H3,(H,17,18)/t10-,12+/m1/s1. The molecule has 18 heavy (non-hydrogen) atoms. The number of hydrogen-bond donors (Lipinski definition) is 2. The Morgan fingerprint density at radius 1 is 1.50 bits per heavy atom. The number of halogens is 1. The van der Waals surface area contributed by atoms with Crippen LogP contribution in [0.25, 0.3) is 0 Å². The van der Waals surface area contributed by atoms with Crippen LogP contribution < -0.4 is 5.73 Å². The molecule has 0 radical (unpaired) electrons. The van der Waals surface area contributed by atoms with Gasteiger partial charge in [-0.25, -0.2) is 4.39 Å². The summed E-state index contributed by atoms with van der Waals surface area (Å²) in [4.78, 5) is 10.9. The molecule has 1 aromatic rings. The van der Waals surface area contributed by atoms with E-state index in [1.807, 2.05) is 13.0 Å². The van der Waals surface area contributed by atoms with Gasteiger partial charge in [-0.05, 0) is 36.5 Å². The zero-order valence-corrected chi connectivity index (χ0v) is 10.6. The molecular formula is C14H20FNO2. The first-order valence-electron chi connectivity index (χ1n) is 6.24. The Kier molecular flexibility index (Phi) is 5.78. The van der Waals surface area contributed by atoms with Gasteiger partial charge in [0.15, 0.2) is 0 Å². The summed E-state index contributed by atoms with van der Waals surface area (Å²) >= 11 is 0. The van der Waals surface area contributed by atoms with Crippen molar-refractivity contribution in [3.8, 4) is 0 Å². The number of rotatable bonds is 7. The first-order valence-corrected chi connectivity index (χ1v) is 6.24. The van der Waals surface area contributed by atoms with Crippen LogP contribution in [0, 0.1) is 17.7 Å². The maximum Gasteiger partial charge on any atom is 0.307 e. The van der Waals surface area contributed by atoms with Crippen LogP contribution in [0.5, 0.6) is 0 Å². The fraction of sp³-hybridized carbons (Fsp3) is 0.500. The van der Waals surface area contributed by atoms with Crippen LogP contribution in [0.15, 0.2) is 24.3 Å². The van der Waals surface area contributed by atoms with Crippen LogP contribution in [0.2, 0.25) is 0 Å². The van der Waals surface area contributed by atoms with E-state index in [1.165, 1.54) is 12.1 Å². The molecule has 0 aliphatic carbocycles. The average molecular weight is 253 g/mol. The summed E-state index contributed by atoms with van der Waals surface area (Å²) in [5.41, 5.74) is 6.36. The van der Waals surface area contributed by atoms with Crippen molar-refractivity contribution in [2.75, 3.05) is 6.54 Å². The molecule has 0 spiro atoms. The zero-order valence-electron chi connectivity index (χ0n) is 10.6. The molecule has 1 rings (SSSR count). The van der Waals surface area contributed by atoms with Crippen molar-refractivity contribution in [1.29, 1.82) is 0 Å². The fourth-order valence-electron chi connectivity index (χ4n) is 2.09. The lowest BCUT2D eigenvalue weighted by molar-refractivity contribution is -0.142. The average Bonchev–Trinajstić information content (AvgIpc) is 2.34. The third-order valence-electron chi connectivity index (χ3n) is 3.24. The molecule has 0 bridgehead atoms. The summed E-state index contributed by atoms with van der Waals surface area (Å²) in [7, 11) is 0. The second-order valence-corrected chi connectivity index (χ2v) is 4.61. The maximum absolute atomic E-state index is 13.1. The lowest BCUT2D eigenvalue weighted by Gasteiger charge is -2.18. The topological polar surface area (TPSA) is 63.3 Å². The minimum atomic E-state index is -0.852. The number of hydrogen-bond acceptors (Lipinski definition) is 2. The summed E-state index contributed by atoms with van der Waals surface area (Å²) in [6.07, 6.45) is 2.09.